The maximum Gasteiger partial charge on any atom is 0.139 e. The Bertz CT molecular complexity index is 317. The van der Waals surface area contributed by atoms with Gasteiger partial charge in [-0.05, 0) is 19.1 Å². The Labute approximate surface area is 95.3 Å². The first-order valence-corrected chi connectivity index (χ1v) is 5.14. The molecule has 0 aromatic heterocycles. The molecule has 0 spiro atoms. The Morgan fingerprint density at radius 2 is 2.13 bits per heavy atom. The average Bonchev–Trinajstić information content (AvgIpc) is 2.21. The first kappa shape index (κ1) is 12.1. The van der Waals surface area contributed by atoms with Gasteiger partial charge in [-0.3, -0.25) is 0 Å². The highest BCUT2D eigenvalue weighted by Gasteiger charge is 2.04. The number of methoxy groups -OCH3 is 2. The van der Waals surface area contributed by atoms with E-state index in [4.69, 9.17) is 21.1 Å². The summed E-state index contributed by atoms with van der Waals surface area (Å²) in [7, 11) is 3.28. The number of nitrogens with one attached hydrogen (secondary N) is 1. The van der Waals surface area contributed by atoms with Crippen LogP contribution in [0, 0.1) is 0 Å². The lowest BCUT2D eigenvalue weighted by Gasteiger charge is -2.15. The van der Waals surface area contributed by atoms with Crippen LogP contribution < -0.4 is 10.1 Å². The van der Waals surface area contributed by atoms with Crippen molar-refractivity contribution in [1.29, 1.82) is 0 Å². The maximum absolute atomic E-state index is 5.92. The second-order valence-corrected chi connectivity index (χ2v) is 3.76. The van der Waals surface area contributed by atoms with Gasteiger partial charge >= 0.3 is 0 Å². The highest BCUT2D eigenvalue weighted by Crippen LogP contribution is 2.27. The standard InChI is InChI=1S/C11H16ClNO2/c1-8(7-14-2)13-9-4-5-10(12)11(6-9)15-3/h4-6,8,13H,7H2,1-3H3. The molecule has 1 unspecified atom stereocenters. The van der Waals surface area contributed by atoms with Crippen molar-refractivity contribution in [3.8, 4) is 5.75 Å². The van der Waals surface area contributed by atoms with E-state index in [2.05, 4.69) is 5.32 Å². The largest absolute Gasteiger partial charge is 0.495 e. The van der Waals surface area contributed by atoms with Gasteiger partial charge in [0.25, 0.3) is 0 Å². The van der Waals surface area contributed by atoms with E-state index in [0.717, 1.165) is 5.69 Å². The monoisotopic (exact) mass is 229 g/mol. The smallest absolute Gasteiger partial charge is 0.139 e. The topological polar surface area (TPSA) is 30.5 Å². The van der Waals surface area contributed by atoms with E-state index in [1.165, 1.54) is 0 Å². The van der Waals surface area contributed by atoms with Crippen molar-refractivity contribution in [3.05, 3.63) is 23.2 Å². The maximum atomic E-state index is 5.92. The van der Waals surface area contributed by atoms with Crippen molar-refractivity contribution in [1.82, 2.24) is 0 Å². The third kappa shape index (κ3) is 3.61. The summed E-state index contributed by atoms with van der Waals surface area (Å²) in [5, 5.41) is 3.89. The van der Waals surface area contributed by atoms with Crippen molar-refractivity contribution in [3.63, 3.8) is 0 Å². The predicted octanol–water partition coefficient (Wildman–Crippen LogP) is 2.80. The number of hydrogen-bond acceptors (Lipinski definition) is 3. The minimum atomic E-state index is 0.251. The fourth-order valence-corrected chi connectivity index (χ4v) is 1.52. The van der Waals surface area contributed by atoms with Crippen molar-refractivity contribution < 1.29 is 9.47 Å². The molecule has 0 bridgehead atoms. The molecule has 4 heteroatoms. The molecule has 1 aromatic rings. The van der Waals surface area contributed by atoms with E-state index >= 15 is 0 Å². The molecule has 0 heterocycles. The molecule has 1 aromatic carbocycles. The molecule has 15 heavy (non-hydrogen) atoms. The van der Waals surface area contributed by atoms with Crippen LogP contribution in [-0.2, 0) is 4.74 Å². The Balaban J connectivity index is 2.69. The van der Waals surface area contributed by atoms with Gasteiger partial charge in [0.05, 0.1) is 18.7 Å². The summed E-state index contributed by atoms with van der Waals surface area (Å²) in [4.78, 5) is 0. The average molecular weight is 230 g/mol. The van der Waals surface area contributed by atoms with E-state index in [1.807, 2.05) is 25.1 Å². The molecule has 0 radical (unpaired) electrons. The highest BCUT2D eigenvalue weighted by molar-refractivity contribution is 6.32. The van der Waals surface area contributed by atoms with Crippen LogP contribution in [0.5, 0.6) is 5.75 Å². The van der Waals surface area contributed by atoms with Gasteiger partial charge in [0, 0.05) is 24.9 Å². The lowest BCUT2D eigenvalue weighted by Crippen LogP contribution is -2.20. The summed E-state index contributed by atoms with van der Waals surface area (Å²) in [6.07, 6.45) is 0. The third-order valence-corrected chi connectivity index (χ3v) is 2.29. The number of hydrogen-bond donors (Lipinski definition) is 1. The van der Waals surface area contributed by atoms with Gasteiger partial charge in [-0.1, -0.05) is 11.6 Å². The molecule has 3 nitrogen and oxygen atoms in total. The van der Waals surface area contributed by atoms with Crippen molar-refractivity contribution in [2.24, 2.45) is 0 Å². The zero-order chi connectivity index (χ0) is 11.3. The zero-order valence-corrected chi connectivity index (χ0v) is 9.97. The van der Waals surface area contributed by atoms with Gasteiger partial charge in [0.15, 0.2) is 0 Å². The molecule has 0 aliphatic heterocycles. The fourth-order valence-electron chi connectivity index (χ4n) is 1.33. The minimum absolute atomic E-state index is 0.251. The number of benzene rings is 1. The number of rotatable bonds is 5. The summed E-state index contributed by atoms with van der Waals surface area (Å²) < 4.78 is 10.2. The second-order valence-electron chi connectivity index (χ2n) is 3.35. The summed E-state index contributed by atoms with van der Waals surface area (Å²) in [6.45, 7) is 2.70. The molecular weight excluding hydrogens is 214 g/mol. The molecule has 0 saturated carbocycles. The Hall–Kier alpha value is -0.930. The summed E-state index contributed by atoms with van der Waals surface area (Å²) in [5.74, 6) is 0.672. The van der Waals surface area contributed by atoms with Crippen molar-refractivity contribution >= 4 is 17.3 Å². The summed E-state index contributed by atoms with van der Waals surface area (Å²) >= 11 is 5.92. The summed E-state index contributed by atoms with van der Waals surface area (Å²) in [5.41, 5.74) is 0.973. The van der Waals surface area contributed by atoms with E-state index in [0.29, 0.717) is 17.4 Å². The number of ether oxygens (including phenoxy) is 2. The predicted molar refractivity (Wildman–Crippen MR) is 63.0 cm³/mol. The quantitative estimate of drug-likeness (QED) is 0.842. The number of anilines is 1. The Morgan fingerprint density at radius 3 is 2.73 bits per heavy atom. The molecule has 0 aliphatic rings. The molecule has 84 valence electrons. The van der Waals surface area contributed by atoms with E-state index < -0.39 is 0 Å². The summed E-state index contributed by atoms with van der Waals surface area (Å²) in [6, 6.07) is 5.84. The molecule has 1 rings (SSSR count). The van der Waals surface area contributed by atoms with Gasteiger partial charge in [-0.15, -0.1) is 0 Å². The fraction of sp³-hybridized carbons (Fsp3) is 0.455. The van der Waals surface area contributed by atoms with Crippen LogP contribution in [0.3, 0.4) is 0 Å². The Morgan fingerprint density at radius 1 is 1.40 bits per heavy atom. The zero-order valence-electron chi connectivity index (χ0n) is 9.21. The molecule has 1 N–H and O–H groups in total. The van der Waals surface area contributed by atoms with E-state index in [-0.39, 0.29) is 6.04 Å². The van der Waals surface area contributed by atoms with Crippen LogP contribution in [0.2, 0.25) is 5.02 Å². The lowest BCUT2D eigenvalue weighted by molar-refractivity contribution is 0.190. The normalized spacial score (nSPS) is 12.3. The first-order valence-electron chi connectivity index (χ1n) is 4.76. The van der Waals surface area contributed by atoms with Crippen molar-refractivity contribution in [2.45, 2.75) is 13.0 Å². The van der Waals surface area contributed by atoms with Crippen molar-refractivity contribution in [2.75, 3.05) is 26.1 Å². The minimum Gasteiger partial charge on any atom is -0.495 e. The van der Waals surface area contributed by atoms with Crippen LogP contribution in [0.4, 0.5) is 5.69 Å². The second kappa shape index (κ2) is 5.83. The molecule has 0 saturated heterocycles. The van der Waals surface area contributed by atoms with Crippen LogP contribution in [0.15, 0.2) is 18.2 Å². The van der Waals surface area contributed by atoms with Gasteiger partial charge in [-0.2, -0.15) is 0 Å². The highest BCUT2D eigenvalue weighted by atomic mass is 35.5. The molecule has 0 amide bonds. The van der Waals surface area contributed by atoms with Gasteiger partial charge in [0.2, 0.25) is 0 Å². The lowest BCUT2D eigenvalue weighted by atomic mass is 10.2. The van der Waals surface area contributed by atoms with E-state index in [1.54, 1.807) is 14.2 Å². The third-order valence-electron chi connectivity index (χ3n) is 1.98. The first-order chi connectivity index (χ1) is 7.17. The van der Waals surface area contributed by atoms with Gasteiger partial charge in [-0.25, -0.2) is 0 Å². The molecule has 0 fully saturated rings. The molecule has 1 atom stereocenters. The number of halogens is 1. The van der Waals surface area contributed by atoms with Crippen LogP contribution in [-0.4, -0.2) is 26.9 Å². The molecule has 0 aliphatic carbocycles. The Kier molecular flexibility index (Phi) is 4.72. The molecular formula is C11H16ClNO2. The van der Waals surface area contributed by atoms with Crippen LogP contribution in [0.1, 0.15) is 6.92 Å². The SMILES string of the molecule is COCC(C)Nc1ccc(Cl)c(OC)c1. The van der Waals surface area contributed by atoms with E-state index in [9.17, 15) is 0 Å². The van der Waals surface area contributed by atoms with Gasteiger partial charge in [0.1, 0.15) is 5.75 Å². The van der Waals surface area contributed by atoms with Crippen LogP contribution in [0.25, 0.3) is 0 Å². The van der Waals surface area contributed by atoms with Crippen LogP contribution >= 0.6 is 11.6 Å². The van der Waals surface area contributed by atoms with Gasteiger partial charge < -0.3 is 14.8 Å².